The number of amides is 1. The molecule has 1 aliphatic rings. The summed E-state index contributed by atoms with van der Waals surface area (Å²) in [6, 6.07) is 4.27. The minimum atomic E-state index is -5.08. The Morgan fingerprint density at radius 1 is 1.03 bits per heavy atom. The standard InChI is InChI=1S/C18H25N5O.2C2HF3O2/c1-13-5-6-15(11-19-13)18(24)23-8-7-16(21(2)3)17(23)9-14-10-20-22(4)12-14;2*3-2(4,5)1(6)7/h5-6,10-12,16-17H,7-9H2,1-4H3;2*(H,6,7)/t16-,17+;;/m1../s1. The van der Waals surface area contributed by atoms with E-state index in [1.54, 1.807) is 6.20 Å². The number of hydrogen-bond acceptors (Lipinski definition) is 6. The van der Waals surface area contributed by atoms with Gasteiger partial charge >= 0.3 is 24.3 Å². The smallest absolute Gasteiger partial charge is 0.475 e. The van der Waals surface area contributed by atoms with Gasteiger partial charge < -0.3 is 20.0 Å². The number of nitrogens with zero attached hydrogens (tertiary/aromatic N) is 5. The molecular weight excluding hydrogens is 528 g/mol. The predicted molar refractivity (Wildman–Crippen MR) is 120 cm³/mol. The first kappa shape index (κ1) is 32.3. The number of likely N-dealkylation sites (tertiary alicyclic amines) is 1. The molecule has 2 aromatic heterocycles. The van der Waals surface area contributed by atoms with Crippen LogP contribution in [0.5, 0.6) is 0 Å². The molecule has 3 heterocycles. The Bertz CT molecular complexity index is 1060. The van der Waals surface area contributed by atoms with Crippen LogP contribution >= 0.6 is 0 Å². The van der Waals surface area contributed by atoms with Crippen LogP contribution in [0.4, 0.5) is 26.3 Å². The second-order valence-corrected chi connectivity index (χ2v) is 8.41. The third-order valence-corrected chi connectivity index (χ3v) is 5.28. The Labute approximate surface area is 213 Å². The summed E-state index contributed by atoms with van der Waals surface area (Å²) in [4.78, 5) is 39.3. The summed E-state index contributed by atoms with van der Waals surface area (Å²) < 4.78 is 65.3. The highest BCUT2D eigenvalue weighted by atomic mass is 19.4. The molecule has 0 radical (unpaired) electrons. The fourth-order valence-corrected chi connectivity index (χ4v) is 3.52. The molecule has 0 unspecified atom stereocenters. The van der Waals surface area contributed by atoms with Gasteiger partial charge in [-0.25, -0.2) is 9.59 Å². The molecular formula is C22H27F6N5O5. The van der Waals surface area contributed by atoms with Crippen molar-refractivity contribution in [1.29, 1.82) is 0 Å². The van der Waals surface area contributed by atoms with E-state index in [0.29, 0.717) is 11.6 Å². The van der Waals surface area contributed by atoms with E-state index in [0.717, 1.165) is 30.6 Å². The van der Waals surface area contributed by atoms with Gasteiger partial charge in [0.15, 0.2) is 0 Å². The van der Waals surface area contributed by atoms with Crippen molar-refractivity contribution < 1.29 is 50.9 Å². The number of rotatable bonds is 4. The average Bonchev–Trinajstić information content (AvgIpc) is 3.39. The first-order chi connectivity index (χ1) is 17.3. The Hall–Kier alpha value is -3.69. The van der Waals surface area contributed by atoms with E-state index in [1.807, 2.05) is 48.1 Å². The van der Waals surface area contributed by atoms with Crippen molar-refractivity contribution in [2.24, 2.45) is 7.05 Å². The van der Waals surface area contributed by atoms with E-state index in [9.17, 15) is 31.1 Å². The fourth-order valence-electron chi connectivity index (χ4n) is 3.52. The summed E-state index contributed by atoms with van der Waals surface area (Å²) in [5.74, 6) is -5.44. The number of carboxylic acids is 2. The number of alkyl halides is 6. The SMILES string of the molecule is Cc1ccc(C(=O)N2CC[C@@H](N(C)C)[C@@H]2Cc2cnn(C)c2)cn1.O=C(O)C(F)(F)F.O=C(O)C(F)(F)F. The number of likely N-dealkylation sites (N-methyl/N-ethyl adjacent to an activating group) is 1. The van der Waals surface area contributed by atoms with Crippen molar-refractivity contribution in [2.75, 3.05) is 20.6 Å². The zero-order valence-electron chi connectivity index (χ0n) is 20.8. The van der Waals surface area contributed by atoms with Gasteiger partial charge in [0, 0.05) is 37.7 Å². The van der Waals surface area contributed by atoms with Gasteiger partial charge in [0.2, 0.25) is 0 Å². The summed E-state index contributed by atoms with van der Waals surface area (Å²) in [7, 11) is 6.09. The molecule has 3 rings (SSSR count). The van der Waals surface area contributed by atoms with Gasteiger partial charge in [0.05, 0.1) is 17.8 Å². The van der Waals surface area contributed by atoms with Crippen LogP contribution < -0.4 is 0 Å². The second-order valence-electron chi connectivity index (χ2n) is 8.41. The Morgan fingerprint density at radius 2 is 1.55 bits per heavy atom. The number of carbonyl (C=O) groups is 3. The maximum Gasteiger partial charge on any atom is 0.490 e. The molecule has 2 N–H and O–H groups in total. The summed E-state index contributed by atoms with van der Waals surface area (Å²) in [6.07, 6.45) is -2.76. The summed E-state index contributed by atoms with van der Waals surface area (Å²) in [5.41, 5.74) is 2.75. The maximum absolute atomic E-state index is 13.0. The normalized spacial score (nSPS) is 17.3. The van der Waals surface area contributed by atoms with Gasteiger partial charge in [-0.15, -0.1) is 0 Å². The zero-order chi connectivity index (χ0) is 29.4. The lowest BCUT2D eigenvalue weighted by molar-refractivity contribution is -0.193. The number of aliphatic carboxylic acids is 2. The van der Waals surface area contributed by atoms with Crippen molar-refractivity contribution in [2.45, 2.75) is 44.2 Å². The van der Waals surface area contributed by atoms with Crippen LogP contribution in [0.3, 0.4) is 0 Å². The van der Waals surface area contributed by atoms with E-state index in [1.165, 1.54) is 0 Å². The fraction of sp³-hybridized carbons (Fsp3) is 0.500. The summed E-state index contributed by atoms with van der Waals surface area (Å²) in [5, 5.41) is 18.5. The molecule has 0 saturated carbocycles. The van der Waals surface area contributed by atoms with Crippen LogP contribution in [-0.4, -0.2) is 97.7 Å². The van der Waals surface area contributed by atoms with Gasteiger partial charge in [0.1, 0.15) is 0 Å². The minimum absolute atomic E-state index is 0.0701. The molecule has 16 heteroatoms. The molecule has 38 heavy (non-hydrogen) atoms. The largest absolute Gasteiger partial charge is 0.490 e. The lowest BCUT2D eigenvalue weighted by atomic mass is 10.0. The van der Waals surface area contributed by atoms with E-state index < -0.39 is 24.3 Å². The molecule has 2 aromatic rings. The minimum Gasteiger partial charge on any atom is -0.475 e. The van der Waals surface area contributed by atoms with Crippen molar-refractivity contribution in [3.8, 4) is 0 Å². The van der Waals surface area contributed by atoms with Crippen LogP contribution in [0, 0.1) is 6.92 Å². The monoisotopic (exact) mass is 555 g/mol. The summed E-state index contributed by atoms with van der Waals surface area (Å²) >= 11 is 0. The highest BCUT2D eigenvalue weighted by Gasteiger charge is 2.39. The molecule has 0 aromatic carbocycles. The molecule has 1 fully saturated rings. The van der Waals surface area contributed by atoms with Gasteiger partial charge in [-0.2, -0.15) is 31.4 Å². The lowest BCUT2D eigenvalue weighted by Crippen LogP contribution is -2.45. The van der Waals surface area contributed by atoms with Gasteiger partial charge in [-0.1, -0.05) is 0 Å². The topological polar surface area (TPSA) is 129 Å². The van der Waals surface area contributed by atoms with Crippen LogP contribution in [-0.2, 0) is 23.1 Å². The van der Waals surface area contributed by atoms with E-state index in [2.05, 4.69) is 29.1 Å². The number of halogens is 6. The van der Waals surface area contributed by atoms with E-state index in [4.69, 9.17) is 19.8 Å². The molecule has 10 nitrogen and oxygen atoms in total. The first-order valence-corrected chi connectivity index (χ1v) is 10.8. The maximum atomic E-state index is 13.0. The van der Waals surface area contributed by atoms with Crippen molar-refractivity contribution >= 4 is 17.8 Å². The van der Waals surface area contributed by atoms with Crippen LogP contribution in [0.2, 0.25) is 0 Å². The van der Waals surface area contributed by atoms with Crippen LogP contribution in [0.25, 0.3) is 0 Å². The third kappa shape index (κ3) is 9.99. The first-order valence-electron chi connectivity index (χ1n) is 10.8. The number of carboxylic acid groups (broad SMARTS) is 2. The Kier molecular flexibility index (Phi) is 11.2. The third-order valence-electron chi connectivity index (χ3n) is 5.28. The van der Waals surface area contributed by atoms with Crippen LogP contribution in [0.15, 0.2) is 30.7 Å². The Balaban J connectivity index is 0.000000426. The van der Waals surface area contributed by atoms with Gasteiger partial charge in [0.25, 0.3) is 5.91 Å². The summed E-state index contributed by atoms with van der Waals surface area (Å²) in [6.45, 7) is 2.71. The predicted octanol–water partition coefficient (Wildman–Crippen LogP) is 2.78. The number of aryl methyl sites for hydroxylation is 2. The quantitative estimate of drug-likeness (QED) is 0.552. The molecule has 0 bridgehead atoms. The van der Waals surface area contributed by atoms with Gasteiger partial charge in [-0.05, 0) is 51.6 Å². The molecule has 0 spiro atoms. The molecule has 1 amide bonds. The van der Waals surface area contributed by atoms with Crippen LogP contribution in [0.1, 0.15) is 28.0 Å². The van der Waals surface area contributed by atoms with Gasteiger partial charge in [-0.3, -0.25) is 14.5 Å². The lowest BCUT2D eigenvalue weighted by Gasteiger charge is -2.31. The Morgan fingerprint density at radius 3 is 1.92 bits per heavy atom. The number of carbonyl (C=O) groups excluding carboxylic acids is 1. The molecule has 2 atom stereocenters. The van der Waals surface area contributed by atoms with Crippen molar-refractivity contribution in [3.05, 3.63) is 47.5 Å². The molecule has 0 aliphatic carbocycles. The zero-order valence-corrected chi connectivity index (χ0v) is 20.8. The number of pyridine rings is 1. The highest BCUT2D eigenvalue weighted by Crippen LogP contribution is 2.26. The van der Waals surface area contributed by atoms with E-state index in [-0.39, 0.29) is 11.9 Å². The number of aromatic nitrogens is 3. The van der Waals surface area contributed by atoms with Crippen molar-refractivity contribution in [1.82, 2.24) is 24.6 Å². The molecule has 1 aliphatic heterocycles. The second kappa shape index (κ2) is 13.2. The van der Waals surface area contributed by atoms with E-state index >= 15 is 0 Å². The molecule has 212 valence electrons. The molecule has 1 saturated heterocycles. The number of hydrogen-bond donors (Lipinski definition) is 2. The average molecular weight is 555 g/mol. The highest BCUT2D eigenvalue weighted by molar-refractivity contribution is 5.94. The van der Waals surface area contributed by atoms with Crippen molar-refractivity contribution in [3.63, 3.8) is 0 Å².